The van der Waals surface area contributed by atoms with Crippen LogP contribution in [-0.4, -0.2) is 0 Å². The molecular weight excluding hydrogens is 524 g/mol. The molecule has 19 heteroatoms. The Kier molecular flexibility index (Phi) is 55.6. The van der Waals surface area contributed by atoms with Gasteiger partial charge in [-0.15, -0.1) is 0 Å². The molecule has 0 nitrogen and oxygen atoms in total. The van der Waals surface area contributed by atoms with Gasteiger partial charge in [-0.1, -0.05) is 0 Å². The average Bonchev–Trinajstić information content (AvgIpc) is 1.97. The van der Waals surface area contributed by atoms with E-state index in [0.29, 0.717) is 0 Å². The van der Waals surface area contributed by atoms with E-state index in [1.807, 2.05) is 0 Å². The molecule has 0 aliphatic carbocycles. The summed E-state index contributed by atoms with van der Waals surface area (Å²) in [6.07, 6.45) is 0. The predicted octanol–water partition coefficient (Wildman–Crippen LogP) is 9.86. The average molecular weight is 524 g/mol. The molecule has 0 fully saturated rings. The molecule has 0 spiro atoms. The summed E-state index contributed by atoms with van der Waals surface area (Å²) in [4.78, 5) is 0. The van der Waals surface area contributed by atoms with E-state index in [2.05, 4.69) is 0 Å². The van der Waals surface area contributed by atoms with Crippen LogP contribution in [0, 0.1) is 0 Å². The standard InChI is InChI=1S/2ClH.4F3P.Ru/c;;4*1-4(2)3;/h2*1H;;;;;/q;;;;;;+2/p-2. The Bertz CT molecular complexity index is 80.9. The summed E-state index contributed by atoms with van der Waals surface area (Å²) < 4.78 is 117. The van der Waals surface area contributed by atoms with Crippen LogP contribution in [0.25, 0.3) is 0 Å². The molecule has 0 radical (unpaired) electrons. The minimum absolute atomic E-state index is 0.346. The first-order valence-electron chi connectivity index (χ1n) is 2.30. The van der Waals surface area contributed by atoms with Crippen molar-refractivity contribution in [2.24, 2.45) is 0 Å². The molecule has 0 saturated heterocycles. The molecule has 0 aliphatic heterocycles. The second-order valence-corrected chi connectivity index (χ2v) is 4.99. The molecule has 0 aromatic heterocycles. The molecule has 0 aromatic carbocycles. The van der Waals surface area contributed by atoms with Crippen LogP contribution < -0.4 is 0 Å². The minimum atomic E-state index is -4.12. The summed E-state index contributed by atoms with van der Waals surface area (Å²) in [6, 6.07) is 0. The van der Waals surface area contributed by atoms with E-state index in [9.17, 15) is 50.4 Å². The van der Waals surface area contributed by atoms with Gasteiger partial charge in [0, 0.05) is 0 Å². The van der Waals surface area contributed by atoms with Crippen molar-refractivity contribution in [3.05, 3.63) is 0 Å². The molecule has 0 aliphatic rings. The Labute approximate surface area is 120 Å². The van der Waals surface area contributed by atoms with Gasteiger partial charge >= 0.3 is 69.9 Å². The second kappa shape index (κ2) is 32.1. The van der Waals surface area contributed by atoms with Crippen molar-refractivity contribution in [2.45, 2.75) is 0 Å². The van der Waals surface area contributed by atoms with Crippen molar-refractivity contribution >= 4 is 54.8 Å². The third-order valence-corrected chi connectivity index (χ3v) is 0. The van der Waals surface area contributed by atoms with Gasteiger partial charge in [0.15, 0.2) is 0 Å². The molecule has 0 unspecified atom stereocenters. The van der Waals surface area contributed by atoms with Crippen LogP contribution >= 0.6 is 54.8 Å². The van der Waals surface area contributed by atoms with Crippen molar-refractivity contribution in [1.82, 2.24) is 0 Å². The van der Waals surface area contributed by atoms with E-state index in [1.165, 1.54) is 0 Å². The molecule has 0 heterocycles. The van der Waals surface area contributed by atoms with Crippen LogP contribution in [0.2, 0.25) is 0 Å². The van der Waals surface area contributed by atoms with Crippen LogP contribution in [0.5, 0.6) is 0 Å². The van der Waals surface area contributed by atoms with Crippen molar-refractivity contribution in [2.75, 3.05) is 0 Å². The Morgan fingerprint density at radius 3 is 0.421 bits per heavy atom. The van der Waals surface area contributed by atoms with Crippen molar-refractivity contribution < 1.29 is 65.5 Å². The van der Waals surface area contributed by atoms with Crippen LogP contribution in [-0.2, 0) is 15.1 Å². The zero-order chi connectivity index (χ0) is 17.0. The summed E-state index contributed by atoms with van der Waals surface area (Å²) in [5.41, 5.74) is 0. The zero-order valence-electron chi connectivity index (χ0n) is 7.43. The van der Waals surface area contributed by atoms with E-state index >= 15 is 0 Å². The summed E-state index contributed by atoms with van der Waals surface area (Å²) in [5.74, 6) is 0. The third-order valence-electron chi connectivity index (χ3n) is 0. The van der Waals surface area contributed by atoms with Gasteiger partial charge in [-0.05, 0) is 0 Å². The Morgan fingerprint density at radius 2 is 0.421 bits per heavy atom. The second-order valence-electron chi connectivity index (χ2n) is 0.817. The first-order valence-corrected chi connectivity index (χ1v) is 10.8. The topological polar surface area (TPSA) is 0 Å². The molecule has 0 atom stereocenters. The quantitative estimate of drug-likeness (QED) is 0.168. The number of rotatable bonds is 0. The maximum absolute atomic E-state index is 9.73. The van der Waals surface area contributed by atoms with Crippen LogP contribution in [0.3, 0.4) is 0 Å². The van der Waals surface area contributed by atoms with Crippen LogP contribution in [0.15, 0.2) is 0 Å². The van der Waals surface area contributed by atoms with Gasteiger partial charge in [0.05, 0.1) is 0 Å². The molecule has 0 aromatic rings. The van der Waals surface area contributed by atoms with Crippen molar-refractivity contribution in [3.8, 4) is 0 Å². The van der Waals surface area contributed by atoms with Gasteiger partial charge in [-0.2, -0.15) is 50.4 Å². The molecule has 19 heavy (non-hydrogen) atoms. The fourth-order valence-corrected chi connectivity index (χ4v) is 0. The Hall–Kier alpha value is 2.08. The third kappa shape index (κ3) is 1510. The van der Waals surface area contributed by atoms with Crippen LogP contribution in [0.1, 0.15) is 0 Å². The summed E-state index contributed by atoms with van der Waals surface area (Å²) in [6.45, 7) is 0. The van der Waals surface area contributed by atoms with E-state index in [-0.39, 0.29) is 15.1 Å². The van der Waals surface area contributed by atoms with Gasteiger partial charge in [-0.25, -0.2) is 0 Å². The molecule has 0 bridgehead atoms. The first-order chi connectivity index (χ1) is 8.34. The predicted molar refractivity (Wildman–Crippen MR) is 52.7 cm³/mol. The maximum atomic E-state index is 9.73. The summed E-state index contributed by atoms with van der Waals surface area (Å²) in [5, 5.41) is 0. The van der Waals surface area contributed by atoms with Gasteiger partial charge in [-0.3, -0.25) is 0 Å². The monoisotopic (exact) mass is 524 g/mol. The van der Waals surface area contributed by atoms with Crippen molar-refractivity contribution in [1.29, 1.82) is 0 Å². The van der Waals surface area contributed by atoms with E-state index in [1.54, 1.807) is 0 Å². The summed E-state index contributed by atoms with van der Waals surface area (Å²) in [7, 11) is -6.77. The van der Waals surface area contributed by atoms with Gasteiger partial charge in [0.1, 0.15) is 0 Å². The molecular formula is Cl2F12P4Ru. The number of halogens is 14. The number of hydrogen-bond acceptors (Lipinski definition) is 0. The van der Waals surface area contributed by atoms with Crippen LogP contribution in [0.4, 0.5) is 50.4 Å². The summed E-state index contributed by atoms with van der Waals surface area (Å²) >= 11 is -0.346. The number of hydrogen-bond donors (Lipinski definition) is 0. The molecule has 0 rings (SSSR count). The van der Waals surface area contributed by atoms with Crippen molar-refractivity contribution in [3.63, 3.8) is 0 Å². The molecule has 0 amide bonds. The van der Waals surface area contributed by atoms with Gasteiger partial charge in [0.2, 0.25) is 0 Å². The molecule has 126 valence electrons. The Morgan fingerprint density at radius 1 is 0.421 bits per heavy atom. The first kappa shape index (κ1) is 32.9. The van der Waals surface area contributed by atoms with E-state index in [0.717, 1.165) is 0 Å². The Balaban J connectivity index is -0.0000000432. The van der Waals surface area contributed by atoms with E-state index < -0.39 is 35.4 Å². The van der Waals surface area contributed by atoms with E-state index in [4.69, 9.17) is 19.4 Å². The van der Waals surface area contributed by atoms with Gasteiger partial charge in [0.25, 0.3) is 0 Å². The fraction of sp³-hybridized carbons (Fsp3) is 0. The zero-order valence-corrected chi connectivity index (χ0v) is 14.3. The van der Waals surface area contributed by atoms with Gasteiger partial charge < -0.3 is 0 Å². The molecule has 0 N–H and O–H groups in total. The fourth-order valence-electron chi connectivity index (χ4n) is 0. The SMILES string of the molecule is FP(F)F.FP(F)F.FP(F)F.FP(F)F.[Cl][Ru][Cl]. The molecule has 0 saturated carbocycles. The normalized spacial score (nSPS) is 8.74.